The summed E-state index contributed by atoms with van der Waals surface area (Å²) < 4.78 is 11.4. The molecule has 1 N–H and O–H groups in total. The largest absolute Gasteiger partial charge is 0.494 e. The predicted octanol–water partition coefficient (Wildman–Crippen LogP) is 4.27. The Bertz CT molecular complexity index is 585. The average molecular weight is 286 g/mol. The third kappa shape index (κ3) is 3.13. The van der Waals surface area contributed by atoms with E-state index in [2.05, 4.69) is 13.8 Å². The van der Waals surface area contributed by atoms with Crippen molar-refractivity contribution in [3.05, 3.63) is 53.5 Å². The quantitative estimate of drug-likeness (QED) is 0.862. The maximum atomic E-state index is 10.4. The molecule has 1 aliphatic carbocycles. The normalized spacial score (nSPS) is 22.0. The monoisotopic (exact) mass is 286 g/mol. The van der Waals surface area contributed by atoms with Gasteiger partial charge in [0.15, 0.2) is 0 Å². The molecule has 3 atom stereocenters. The molecule has 0 saturated heterocycles. The van der Waals surface area contributed by atoms with E-state index in [1.165, 1.54) is 6.42 Å². The van der Waals surface area contributed by atoms with Gasteiger partial charge in [0, 0.05) is 5.92 Å². The number of hydrogen-bond acceptors (Lipinski definition) is 3. The number of hydrogen-bond donors (Lipinski definition) is 1. The first-order valence-corrected chi connectivity index (χ1v) is 7.69. The van der Waals surface area contributed by atoms with Crippen LogP contribution in [0.5, 0.6) is 5.75 Å². The summed E-state index contributed by atoms with van der Waals surface area (Å²) in [5, 5.41) is 10.4. The molecule has 3 nitrogen and oxygen atoms in total. The predicted molar refractivity (Wildman–Crippen MR) is 81.5 cm³/mol. The average Bonchev–Trinajstić information content (AvgIpc) is 3.04. The summed E-state index contributed by atoms with van der Waals surface area (Å²) in [6, 6.07) is 11.4. The third-order valence-corrected chi connectivity index (χ3v) is 4.06. The Morgan fingerprint density at radius 1 is 1.24 bits per heavy atom. The highest BCUT2D eigenvalue weighted by Gasteiger charge is 2.36. The van der Waals surface area contributed by atoms with Crippen LogP contribution in [-0.4, -0.2) is 11.7 Å². The summed E-state index contributed by atoms with van der Waals surface area (Å²) in [5.74, 6) is 3.69. The SMILES string of the molecule is CCCOc1ccc(C(O)c2ccc(C3CC3C)o2)cc1. The number of benzene rings is 1. The van der Waals surface area contributed by atoms with Crippen molar-refractivity contribution < 1.29 is 14.3 Å². The number of rotatable bonds is 6. The molecular formula is C18H22O3. The lowest BCUT2D eigenvalue weighted by Crippen LogP contribution is -1.99. The first-order valence-electron chi connectivity index (χ1n) is 7.69. The molecule has 1 saturated carbocycles. The van der Waals surface area contributed by atoms with Crippen LogP contribution in [0.25, 0.3) is 0 Å². The van der Waals surface area contributed by atoms with Gasteiger partial charge >= 0.3 is 0 Å². The van der Waals surface area contributed by atoms with Gasteiger partial charge in [-0.25, -0.2) is 0 Å². The second-order valence-corrected chi connectivity index (χ2v) is 5.88. The molecule has 0 amide bonds. The van der Waals surface area contributed by atoms with Crippen molar-refractivity contribution in [1.82, 2.24) is 0 Å². The van der Waals surface area contributed by atoms with Crippen LogP contribution in [0.1, 0.15) is 55.8 Å². The zero-order chi connectivity index (χ0) is 14.8. The maximum Gasteiger partial charge on any atom is 0.137 e. The summed E-state index contributed by atoms with van der Waals surface area (Å²) in [6.07, 6.45) is 1.46. The standard InChI is InChI=1S/C18H22O3/c1-3-10-20-14-6-4-13(5-7-14)18(19)17-9-8-16(21-17)15-11-12(15)2/h4-9,12,15,18-19H,3,10-11H2,1-2H3. The Kier molecular flexibility index (Phi) is 4.02. The van der Waals surface area contributed by atoms with Crippen LogP contribution in [0.15, 0.2) is 40.8 Å². The molecule has 1 aliphatic rings. The van der Waals surface area contributed by atoms with Crippen LogP contribution < -0.4 is 4.74 Å². The second kappa shape index (κ2) is 5.94. The minimum absolute atomic E-state index is 0.538. The highest BCUT2D eigenvalue weighted by atomic mass is 16.5. The van der Waals surface area contributed by atoms with Gasteiger partial charge in [-0.1, -0.05) is 26.0 Å². The van der Waals surface area contributed by atoms with Gasteiger partial charge in [-0.05, 0) is 48.6 Å². The van der Waals surface area contributed by atoms with E-state index >= 15 is 0 Å². The molecule has 3 rings (SSSR count). The minimum atomic E-state index is -0.715. The molecule has 1 fully saturated rings. The molecule has 1 heterocycles. The Labute approximate surface area is 125 Å². The van der Waals surface area contributed by atoms with Crippen LogP contribution in [-0.2, 0) is 0 Å². The van der Waals surface area contributed by atoms with Crippen LogP contribution in [0.2, 0.25) is 0 Å². The number of furan rings is 1. The van der Waals surface area contributed by atoms with E-state index in [4.69, 9.17) is 9.15 Å². The Hall–Kier alpha value is -1.74. The molecule has 0 bridgehead atoms. The van der Waals surface area contributed by atoms with Gasteiger partial charge < -0.3 is 14.3 Å². The molecule has 0 radical (unpaired) electrons. The van der Waals surface area contributed by atoms with Crippen LogP contribution in [0.4, 0.5) is 0 Å². The summed E-state index contributed by atoms with van der Waals surface area (Å²) in [4.78, 5) is 0. The zero-order valence-electron chi connectivity index (χ0n) is 12.6. The van der Waals surface area contributed by atoms with Gasteiger partial charge in [-0.2, -0.15) is 0 Å². The van der Waals surface area contributed by atoms with Gasteiger partial charge in [0.25, 0.3) is 0 Å². The lowest BCUT2D eigenvalue weighted by Gasteiger charge is -2.10. The Morgan fingerprint density at radius 2 is 1.95 bits per heavy atom. The number of aliphatic hydroxyl groups excluding tert-OH is 1. The van der Waals surface area contributed by atoms with E-state index in [0.717, 1.165) is 23.5 Å². The molecule has 0 aliphatic heterocycles. The Balaban J connectivity index is 1.69. The topological polar surface area (TPSA) is 42.6 Å². The van der Waals surface area contributed by atoms with Crippen molar-refractivity contribution in [1.29, 1.82) is 0 Å². The highest BCUT2D eigenvalue weighted by Crippen LogP contribution is 2.47. The number of aliphatic hydroxyl groups is 1. The molecule has 3 heteroatoms. The van der Waals surface area contributed by atoms with Crippen LogP contribution in [0, 0.1) is 5.92 Å². The van der Waals surface area contributed by atoms with E-state index < -0.39 is 6.10 Å². The molecule has 112 valence electrons. The van der Waals surface area contributed by atoms with Gasteiger partial charge in [-0.15, -0.1) is 0 Å². The molecule has 1 aromatic heterocycles. The lowest BCUT2D eigenvalue weighted by molar-refractivity contribution is 0.186. The van der Waals surface area contributed by atoms with E-state index in [1.54, 1.807) is 0 Å². The molecular weight excluding hydrogens is 264 g/mol. The minimum Gasteiger partial charge on any atom is -0.494 e. The van der Waals surface area contributed by atoms with Crippen LogP contribution in [0.3, 0.4) is 0 Å². The van der Waals surface area contributed by atoms with Gasteiger partial charge in [0.1, 0.15) is 23.4 Å². The van der Waals surface area contributed by atoms with Crippen LogP contribution >= 0.6 is 0 Å². The van der Waals surface area contributed by atoms with E-state index in [0.29, 0.717) is 24.2 Å². The van der Waals surface area contributed by atoms with Crippen molar-refractivity contribution >= 4 is 0 Å². The molecule has 3 unspecified atom stereocenters. The highest BCUT2D eigenvalue weighted by molar-refractivity contribution is 5.32. The second-order valence-electron chi connectivity index (χ2n) is 5.88. The number of ether oxygens (including phenoxy) is 1. The van der Waals surface area contributed by atoms with Crippen molar-refractivity contribution in [3.63, 3.8) is 0 Å². The van der Waals surface area contributed by atoms with Gasteiger partial charge in [0.2, 0.25) is 0 Å². The maximum absolute atomic E-state index is 10.4. The smallest absolute Gasteiger partial charge is 0.137 e. The van der Waals surface area contributed by atoms with E-state index in [9.17, 15) is 5.11 Å². The fourth-order valence-corrected chi connectivity index (χ4v) is 2.56. The molecule has 2 aromatic rings. The van der Waals surface area contributed by atoms with Crippen molar-refractivity contribution in [3.8, 4) is 5.75 Å². The molecule has 1 aromatic carbocycles. The van der Waals surface area contributed by atoms with Crippen molar-refractivity contribution in [2.75, 3.05) is 6.61 Å². The van der Waals surface area contributed by atoms with E-state index in [-0.39, 0.29) is 0 Å². The van der Waals surface area contributed by atoms with Gasteiger partial charge in [-0.3, -0.25) is 0 Å². The summed E-state index contributed by atoms with van der Waals surface area (Å²) in [7, 11) is 0. The fraction of sp³-hybridized carbons (Fsp3) is 0.444. The Morgan fingerprint density at radius 3 is 2.57 bits per heavy atom. The van der Waals surface area contributed by atoms with Crippen molar-refractivity contribution in [2.45, 2.75) is 38.7 Å². The molecule has 21 heavy (non-hydrogen) atoms. The molecule has 0 spiro atoms. The van der Waals surface area contributed by atoms with E-state index in [1.807, 2.05) is 36.4 Å². The summed E-state index contributed by atoms with van der Waals surface area (Å²) >= 11 is 0. The zero-order valence-corrected chi connectivity index (χ0v) is 12.6. The summed E-state index contributed by atoms with van der Waals surface area (Å²) in [5.41, 5.74) is 0.823. The van der Waals surface area contributed by atoms with Gasteiger partial charge in [0.05, 0.1) is 6.61 Å². The first kappa shape index (κ1) is 14.2. The lowest BCUT2D eigenvalue weighted by atomic mass is 10.1. The third-order valence-electron chi connectivity index (χ3n) is 4.06. The fourth-order valence-electron chi connectivity index (χ4n) is 2.56. The first-order chi connectivity index (χ1) is 10.2. The summed E-state index contributed by atoms with van der Waals surface area (Å²) in [6.45, 7) is 5.01. The van der Waals surface area contributed by atoms with Crippen molar-refractivity contribution in [2.24, 2.45) is 5.92 Å².